The molecule has 1 saturated heterocycles. The summed E-state index contributed by atoms with van der Waals surface area (Å²) >= 11 is 5.89. The van der Waals surface area contributed by atoms with Crippen LogP contribution in [0.4, 0.5) is 0 Å². The Balaban J connectivity index is 0.00000261. The minimum atomic E-state index is -0.110. The van der Waals surface area contributed by atoms with Gasteiger partial charge in [-0.1, -0.05) is 23.7 Å². The van der Waals surface area contributed by atoms with Gasteiger partial charge < -0.3 is 20.1 Å². The molecule has 5 nitrogen and oxygen atoms in total. The second-order valence-electron chi connectivity index (χ2n) is 6.28. The maximum Gasteiger partial charge on any atom is 0.251 e. The number of hydrogen-bond acceptors (Lipinski definition) is 4. The van der Waals surface area contributed by atoms with Gasteiger partial charge in [-0.25, -0.2) is 0 Å². The molecule has 2 N–H and O–H groups in total. The van der Waals surface area contributed by atoms with Gasteiger partial charge in [0.1, 0.15) is 6.61 Å². The lowest BCUT2D eigenvalue weighted by Crippen LogP contribution is -2.37. The van der Waals surface area contributed by atoms with Crippen molar-refractivity contribution < 1.29 is 14.3 Å². The number of halogens is 2. The van der Waals surface area contributed by atoms with Crippen molar-refractivity contribution in [3.63, 3.8) is 0 Å². The first-order chi connectivity index (χ1) is 12.7. The molecule has 0 aliphatic carbocycles. The largest absolute Gasteiger partial charge is 0.493 e. The van der Waals surface area contributed by atoms with Crippen LogP contribution in [0.1, 0.15) is 28.8 Å². The fourth-order valence-electron chi connectivity index (χ4n) is 2.92. The average Bonchev–Trinajstić information content (AvgIpc) is 3.19. The van der Waals surface area contributed by atoms with Crippen molar-refractivity contribution in [2.45, 2.75) is 25.5 Å². The topological polar surface area (TPSA) is 59.6 Å². The van der Waals surface area contributed by atoms with Crippen molar-refractivity contribution in [2.75, 3.05) is 20.2 Å². The zero-order valence-electron chi connectivity index (χ0n) is 15.2. The Bertz CT molecular complexity index is 747. The van der Waals surface area contributed by atoms with Crippen molar-refractivity contribution >= 4 is 29.9 Å². The Kier molecular flexibility index (Phi) is 8.23. The van der Waals surface area contributed by atoms with E-state index in [1.807, 2.05) is 24.3 Å². The van der Waals surface area contributed by atoms with Gasteiger partial charge >= 0.3 is 0 Å². The van der Waals surface area contributed by atoms with Crippen LogP contribution in [-0.4, -0.2) is 32.1 Å². The molecule has 0 aromatic heterocycles. The van der Waals surface area contributed by atoms with Gasteiger partial charge in [-0.05, 0) is 55.3 Å². The van der Waals surface area contributed by atoms with Crippen molar-refractivity contribution in [1.29, 1.82) is 0 Å². The highest BCUT2D eigenvalue weighted by atomic mass is 35.5. The first-order valence-electron chi connectivity index (χ1n) is 8.72. The summed E-state index contributed by atoms with van der Waals surface area (Å²) in [6.45, 7) is 2.05. The van der Waals surface area contributed by atoms with Crippen LogP contribution in [0.3, 0.4) is 0 Å². The van der Waals surface area contributed by atoms with E-state index in [1.165, 1.54) is 0 Å². The van der Waals surface area contributed by atoms with Crippen LogP contribution >= 0.6 is 24.0 Å². The van der Waals surface area contributed by atoms with Gasteiger partial charge in [0.05, 0.1) is 7.11 Å². The molecule has 1 amide bonds. The molecule has 3 rings (SSSR count). The molecule has 1 aliphatic rings. The lowest BCUT2D eigenvalue weighted by atomic mass is 10.1. The summed E-state index contributed by atoms with van der Waals surface area (Å²) in [5.74, 6) is 1.02. The van der Waals surface area contributed by atoms with Crippen LogP contribution in [0.5, 0.6) is 11.5 Å². The van der Waals surface area contributed by atoms with E-state index in [0.717, 1.165) is 24.9 Å². The normalized spacial score (nSPS) is 15.7. The van der Waals surface area contributed by atoms with Crippen LogP contribution in [0.25, 0.3) is 0 Å². The summed E-state index contributed by atoms with van der Waals surface area (Å²) in [6, 6.07) is 13.0. The molecule has 1 atom stereocenters. The molecule has 1 heterocycles. The number of ether oxygens (including phenoxy) is 2. The van der Waals surface area contributed by atoms with E-state index in [-0.39, 0.29) is 18.3 Å². The molecule has 0 bridgehead atoms. The Morgan fingerprint density at radius 2 is 2.00 bits per heavy atom. The van der Waals surface area contributed by atoms with Crippen LogP contribution in [0.15, 0.2) is 42.5 Å². The summed E-state index contributed by atoms with van der Waals surface area (Å²) in [4.78, 5) is 12.3. The van der Waals surface area contributed by atoms with Gasteiger partial charge in [0.15, 0.2) is 11.5 Å². The predicted octanol–water partition coefficient (Wildman–Crippen LogP) is 3.83. The summed E-state index contributed by atoms with van der Waals surface area (Å²) in [6.07, 6.45) is 2.26. The number of nitrogens with one attached hydrogen (secondary N) is 2. The number of hydrogen-bond donors (Lipinski definition) is 2. The molecular weight excluding hydrogens is 387 g/mol. The number of benzene rings is 2. The van der Waals surface area contributed by atoms with E-state index in [1.54, 1.807) is 25.3 Å². The number of methoxy groups -OCH3 is 1. The first kappa shape index (κ1) is 21.4. The lowest BCUT2D eigenvalue weighted by Gasteiger charge is -2.14. The van der Waals surface area contributed by atoms with Gasteiger partial charge in [-0.2, -0.15) is 0 Å². The SMILES string of the molecule is COc1cc(C(=O)NCC2CCCN2)ccc1OCc1ccc(Cl)cc1.Cl. The molecule has 0 radical (unpaired) electrons. The first-order valence-corrected chi connectivity index (χ1v) is 9.10. The molecule has 1 fully saturated rings. The van der Waals surface area contributed by atoms with Crippen LogP contribution in [0.2, 0.25) is 5.02 Å². The Morgan fingerprint density at radius 1 is 1.22 bits per heavy atom. The average molecular weight is 411 g/mol. The van der Waals surface area contributed by atoms with E-state index in [0.29, 0.717) is 41.3 Å². The fraction of sp³-hybridized carbons (Fsp3) is 0.350. The highest BCUT2D eigenvalue weighted by Gasteiger charge is 2.16. The lowest BCUT2D eigenvalue weighted by molar-refractivity contribution is 0.0950. The monoisotopic (exact) mass is 410 g/mol. The Hall–Kier alpha value is -1.95. The maximum atomic E-state index is 12.3. The Morgan fingerprint density at radius 3 is 2.67 bits per heavy atom. The van der Waals surface area contributed by atoms with E-state index < -0.39 is 0 Å². The third-order valence-electron chi connectivity index (χ3n) is 4.40. The molecular formula is C20H24Cl2N2O3. The van der Waals surface area contributed by atoms with Crippen LogP contribution in [0, 0.1) is 0 Å². The molecule has 27 heavy (non-hydrogen) atoms. The number of carbonyl (C=O) groups is 1. The summed E-state index contributed by atoms with van der Waals surface area (Å²) in [7, 11) is 1.56. The Labute approximate surface area is 170 Å². The molecule has 7 heteroatoms. The van der Waals surface area contributed by atoms with Gasteiger partial charge in [-0.15, -0.1) is 12.4 Å². The molecule has 1 aliphatic heterocycles. The van der Waals surface area contributed by atoms with Crippen molar-refractivity contribution in [1.82, 2.24) is 10.6 Å². The molecule has 0 saturated carbocycles. The van der Waals surface area contributed by atoms with E-state index in [9.17, 15) is 4.79 Å². The number of rotatable bonds is 7. The smallest absolute Gasteiger partial charge is 0.251 e. The van der Waals surface area contributed by atoms with Crippen molar-refractivity contribution in [2.24, 2.45) is 0 Å². The maximum absolute atomic E-state index is 12.3. The zero-order chi connectivity index (χ0) is 18.4. The van der Waals surface area contributed by atoms with E-state index >= 15 is 0 Å². The molecule has 0 spiro atoms. The minimum absolute atomic E-state index is 0. The van der Waals surface area contributed by atoms with Gasteiger partial charge in [0.2, 0.25) is 0 Å². The molecule has 2 aromatic carbocycles. The van der Waals surface area contributed by atoms with E-state index in [2.05, 4.69) is 10.6 Å². The quantitative estimate of drug-likeness (QED) is 0.727. The van der Waals surface area contributed by atoms with Crippen LogP contribution < -0.4 is 20.1 Å². The minimum Gasteiger partial charge on any atom is -0.493 e. The van der Waals surface area contributed by atoms with Gasteiger partial charge in [0.25, 0.3) is 5.91 Å². The van der Waals surface area contributed by atoms with Gasteiger partial charge in [-0.3, -0.25) is 4.79 Å². The number of amides is 1. The third kappa shape index (κ3) is 6.03. The fourth-order valence-corrected chi connectivity index (χ4v) is 3.04. The summed E-state index contributed by atoms with van der Waals surface area (Å²) in [5.41, 5.74) is 1.56. The third-order valence-corrected chi connectivity index (χ3v) is 4.66. The highest BCUT2D eigenvalue weighted by molar-refractivity contribution is 6.30. The summed E-state index contributed by atoms with van der Waals surface area (Å²) in [5, 5.41) is 7.02. The number of carbonyl (C=O) groups excluding carboxylic acids is 1. The second-order valence-corrected chi connectivity index (χ2v) is 6.72. The van der Waals surface area contributed by atoms with Gasteiger partial charge in [0, 0.05) is 23.2 Å². The van der Waals surface area contributed by atoms with Crippen molar-refractivity contribution in [3.05, 3.63) is 58.6 Å². The highest BCUT2D eigenvalue weighted by Crippen LogP contribution is 2.29. The van der Waals surface area contributed by atoms with Crippen LogP contribution in [-0.2, 0) is 6.61 Å². The molecule has 146 valence electrons. The van der Waals surface area contributed by atoms with Crippen molar-refractivity contribution in [3.8, 4) is 11.5 Å². The zero-order valence-corrected chi connectivity index (χ0v) is 16.7. The molecule has 1 unspecified atom stereocenters. The molecule has 2 aromatic rings. The standard InChI is InChI=1S/C20H23ClN2O3.ClH/c1-25-19-11-15(20(24)23-12-17-3-2-10-22-17)6-9-18(19)26-13-14-4-7-16(21)8-5-14;/h4-9,11,17,22H,2-3,10,12-13H2,1H3,(H,23,24);1H. The second kappa shape index (κ2) is 10.4. The predicted molar refractivity (Wildman–Crippen MR) is 109 cm³/mol. The van der Waals surface area contributed by atoms with E-state index in [4.69, 9.17) is 21.1 Å². The summed E-state index contributed by atoms with van der Waals surface area (Å²) < 4.78 is 11.2.